The molecule has 2 saturated heterocycles. The van der Waals surface area contributed by atoms with Crippen LogP contribution in [-0.2, 0) is 17.8 Å². The van der Waals surface area contributed by atoms with Crippen LogP contribution in [0.15, 0.2) is 66.7 Å². The molecule has 0 amide bonds. The maximum absolute atomic E-state index is 11.6. The highest BCUT2D eigenvalue weighted by atomic mass is 16.5. The van der Waals surface area contributed by atoms with Crippen LogP contribution in [0, 0.1) is 0 Å². The molecule has 2 aliphatic heterocycles. The van der Waals surface area contributed by atoms with E-state index < -0.39 is 5.97 Å². The van der Waals surface area contributed by atoms with Gasteiger partial charge in [-0.1, -0.05) is 24.3 Å². The fraction of sp³-hybridized carbons (Fsp3) is 0.345. The molecule has 0 aliphatic carbocycles. The third kappa shape index (κ3) is 5.21. The molecule has 1 atom stereocenters. The number of aromatic nitrogens is 3. The Balaban J connectivity index is 1.15. The van der Waals surface area contributed by atoms with E-state index in [2.05, 4.69) is 15.5 Å². The Morgan fingerprint density at radius 1 is 1.00 bits per heavy atom. The monoisotopic (exact) mass is 498 g/mol. The summed E-state index contributed by atoms with van der Waals surface area (Å²) in [5.41, 5.74) is 3.04. The zero-order chi connectivity index (χ0) is 25.2. The summed E-state index contributed by atoms with van der Waals surface area (Å²) in [4.78, 5) is 23.7. The maximum atomic E-state index is 11.6. The van der Waals surface area contributed by atoms with Crippen LogP contribution in [0.1, 0.15) is 47.1 Å². The molecule has 6 rings (SSSR count). The Labute approximate surface area is 215 Å². The number of aromatic carboxylic acids is 1. The second-order valence-corrected chi connectivity index (χ2v) is 9.79. The van der Waals surface area contributed by atoms with E-state index in [1.54, 1.807) is 12.1 Å². The van der Waals surface area contributed by atoms with E-state index in [-0.39, 0.29) is 11.7 Å². The Kier molecular flexibility index (Phi) is 6.59. The second-order valence-electron chi connectivity index (χ2n) is 9.79. The number of hydrogen-bond acceptors (Lipinski definition) is 6. The lowest BCUT2D eigenvalue weighted by Gasteiger charge is -2.32. The van der Waals surface area contributed by atoms with Crippen LogP contribution >= 0.6 is 0 Å². The smallest absolute Gasteiger partial charge is 0.335 e. The Morgan fingerprint density at radius 3 is 2.54 bits per heavy atom. The molecular formula is C29H30N4O4. The number of piperidine rings is 1. The van der Waals surface area contributed by atoms with E-state index in [1.165, 1.54) is 0 Å². The van der Waals surface area contributed by atoms with Crippen LogP contribution in [-0.4, -0.2) is 56.3 Å². The van der Waals surface area contributed by atoms with Gasteiger partial charge in [-0.05, 0) is 68.8 Å². The normalized spacial score (nSPS) is 18.5. The second kappa shape index (κ2) is 10.3. The molecule has 0 bridgehead atoms. The number of imidazole rings is 1. The van der Waals surface area contributed by atoms with Gasteiger partial charge in [-0.25, -0.2) is 14.8 Å². The number of rotatable bonds is 8. The number of pyridine rings is 1. The average Bonchev–Trinajstić information content (AvgIpc) is 3.23. The molecule has 8 nitrogen and oxygen atoms in total. The fourth-order valence-corrected chi connectivity index (χ4v) is 5.17. The topological polar surface area (TPSA) is 89.7 Å². The number of benzene rings is 2. The summed E-state index contributed by atoms with van der Waals surface area (Å²) in [5.74, 6) is 1.83. The summed E-state index contributed by atoms with van der Waals surface area (Å²) < 4.78 is 13.8. The molecule has 2 aromatic carbocycles. The predicted octanol–water partition coefficient (Wildman–Crippen LogP) is 5.09. The van der Waals surface area contributed by atoms with Crippen molar-refractivity contribution in [3.8, 4) is 11.6 Å². The van der Waals surface area contributed by atoms with Gasteiger partial charge in [-0.2, -0.15) is 0 Å². The number of nitrogens with zero attached hydrogens (tertiary/aromatic N) is 4. The van der Waals surface area contributed by atoms with Gasteiger partial charge in [0.05, 0.1) is 35.8 Å². The predicted molar refractivity (Wildman–Crippen MR) is 139 cm³/mol. The third-order valence-electron chi connectivity index (χ3n) is 7.34. The molecule has 8 heteroatoms. The van der Waals surface area contributed by atoms with E-state index in [9.17, 15) is 9.90 Å². The lowest BCUT2D eigenvalue weighted by molar-refractivity contribution is -0.0592. The highest BCUT2D eigenvalue weighted by Gasteiger charge is 2.26. The van der Waals surface area contributed by atoms with E-state index in [4.69, 9.17) is 19.4 Å². The van der Waals surface area contributed by atoms with E-state index in [0.717, 1.165) is 73.8 Å². The number of carboxylic acids is 1. The fourth-order valence-electron chi connectivity index (χ4n) is 5.17. The molecule has 0 spiro atoms. The average molecular weight is 499 g/mol. The zero-order valence-electron chi connectivity index (χ0n) is 20.6. The number of likely N-dealkylation sites (tertiary alicyclic amines) is 1. The lowest BCUT2D eigenvalue weighted by atomic mass is 9.93. The molecule has 37 heavy (non-hydrogen) atoms. The largest absolute Gasteiger partial charge is 0.478 e. The van der Waals surface area contributed by atoms with Crippen molar-refractivity contribution < 1.29 is 19.4 Å². The van der Waals surface area contributed by atoms with Gasteiger partial charge < -0.3 is 19.1 Å². The molecule has 0 radical (unpaired) electrons. The van der Waals surface area contributed by atoms with Crippen LogP contribution in [0.2, 0.25) is 0 Å². The Hall–Kier alpha value is -3.75. The van der Waals surface area contributed by atoms with Crippen molar-refractivity contribution in [2.75, 3.05) is 19.7 Å². The van der Waals surface area contributed by atoms with Crippen LogP contribution in [0.3, 0.4) is 0 Å². The molecule has 2 aromatic heterocycles. The van der Waals surface area contributed by atoms with Gasteiger partial charge in [-0.3, -0.25) is 4.90 Å². The molecule has 190 valence electrons. The molecule has 0 unspecified atom stereocenters. The minimum Gasteiger partial charge on any atom is -0.478 e. The summed E-state index contributed by atoms with van der Waals surface area (Å²) in [6.45, 7) is 4.09. The maximum Gasteiger partial charge on any atom is 0.335 e. The van der Waals surface area contributed by atoms with Crippen molar-refractivity contribution in [3.63, 3.8) is 0 Å². The summed E-state index contributed by atoms with van der Waals surface area (Å²) in [6, 6.07) is 20.9. The van der Waals surface area contributed by atoms with Crippen molar-refractivity contribution in [1.82, 2.24) is 19.4 Å². The first-order valence-corrected chi connectivity index (χ1v) is 12.9. The van der Waals surface area contributed by atoms with Gasteiger partial charge in [0.25, 0.3) is 0 Å². The number of para-hydroxylation sites is 1. The van der Waals surface area contributed by atoms with Crippen molar-refractivity contribution in [2.24, 2.45) is 0 Å². The third-order valence-corrected chi connectivity index (χ3v) is 7.34. The number of carbonyl (C=O) groups is 1. The van der Waals surface area contributed by atoms with Crippen molar-refractivity contribution in [1.29, 1.82) is 0 Å². The van der Waals surface area contributed by atoms with E-state index in [1.807, 2.05) is 48.5 Å². The molecule has 4 aromatic rings. The van der Waals surface area contributed by atoms with Crippen LogP contribution in [0.25, 0.3) is 11.0 Å². The molecule has 2 aliphatic rings. The van der Waals surface area contributed by atoms with Crippen molar-refractivity contribution in [3.05, 3.63) is 83.8 Å². The standard InChI is InChI=1S/C29H30N4O4/c34-29(35)21-9-10-25-26(17-21)33(18-23-13-16-36-23)27(30-25)19-32-14-11-20(12-15-32)24-7-4-8-28(31-24)37-22-5-2-1-3-6-22/h1-10,17,20,23H,11-16,18-19H2,(H,34,35)/t23-/m0/s1. The van der Waals surface area contributed by atoms with E-state index in [0.29, 0.717) is 18.3 Å². The SMILES string of the molecule is O=C(O)c1ccc2nc(CN3CCC(c4cccc(Oc5ccccc5)n4)CC3)n(C[C@@H]3CCO3)c2c1. The van der Waals surface area contributed by atoms with Crippen molar-refractivity contribution in [2.45, 2.75) is 44.4 Å². The highest BCUT2D eigenvalue weighted by molar-refractivity contribution is 5.92. The van der Waals surface area contributed by atoms with Gasteiger partial charge in [0.2, 0.25) is 5.88 Å². The van der Waals surface area contributed by atoms with Gasteiger partial charge in [-0.15, -0.1) is 0 Å². The van der Waals surface area contributed by atoms with Gasteiger partial charge in [0, 0.05) is 24.3 Å². The lowest BCUT2D eigenvalue weighted by Crippen LogP contribution is -2.35. The number of fused-ring (bicyclic) bond motifs is 1. The Morgan fingerprint density at radius 2 is 1.81 bits per heavy atom. The number of carboxylic acid groups (broad SMARTS) is 1. The van der Waals surface area contributed by atoms with Crippen LogP contribution in [0.4, 0.5) is 0 Å². The van der Waals surface area contributed by atoms with E-state index >= 15 is 0 Å². The zero-order valence-corrected chi connectivity index (χ0v) is 20.6. The first-order valence-electron chi connectivity index (χ1n) is 12.9. The molecule has 4 heterocycles. The summed E-state index contributed by atoms with van der Waals surface area (Å²) in [5, 5.41) is 9.48. The summed E-state index contributed by atoms with van der Waals surface area (Å²) in [6.07, 6.45) is 3.20. The summed E-state index contributed by atoms with van der Waals surface area (Å²) >= 11 is 0. The van der Waals surface area contributed by atoms with Crippen LogP contribution < -0.4 is 4.74 Å². The molecule has 1 N–H and O–H groups in total. The quantitative estimate of drug-likeness (QED) is 0.362. The molecule has 0 saturated carbocycles. The first-order chi connectivity index (χ1) is 18.1. The van der Waals surface area contributed by atoms with Gasteiger partial charge in [0.15, 0.2) is 0 Å². The molecule has 2 fully saturated rings. The number of hydrogen-bond donors (Lipinski definition) is 1. The minimum atomic E-state index is -0.926. The van der Waals surface area contributed by atoms with Gasteiger partial charge in [0.1, 0.15) is 11.6 Å². The van der Waals surface area contributed by atoms with Crippen molar-refractivity contribution >= 4 is 17.0 Å². The highest BCUT2D eigenvalue weighted by Crippen LogP contribution is 2.30. The first kappa shape index (κ1) is 23.6. The van der Waals surface area contributed by atoms with Gasteiger partial charge >= 0.3 is 5.97 Å². The summed E-state index contributed by atoms with van der Waals surface area (Å²) in [7, 11) is 0. The molecular weight excluding hydrogens is 468 g/mol. The minimum absolute atomic E-state index is 0.159. The van der Waals surface area contributed by atoms with Crippen LogP contribution in [0.5, 0.6) is 11.6 Å². The Bertz CT molecular complexity index is 1390. The number of ether oxygens (including phenoxy) is 2.